The summed E-state index contributed by atoms with van der Waals surface area (Å²) in [7, 11) is -2.21. The van der Waals surface area contributed by atoms with Gasteiger partial charge < -0.3 is 10.1 Å². The van der Waals surface area contributed by atoms with Gasteiger partial charge in [-0.3, -0.25) is 4.79 Å². The van der Waals surface area contributed by atoms with Crippen LogP contribution in [0.3, 0.4) is 0 Å². The van der Waals surface area contributed by atoms with Gasteiger partial charge in [0.2, 0.25) is 10.0 Å². The fraction of sp³-hybridized carbons (Fsp3) is 0.278. The molecule has 2 aromatic rings. The number of nitrogens with one attached hydrogen (secondary N) is 1. The van der Waals surface area contributed by atoms with Crippen molar-refractivity contribution < 1.29 is 17.9 Å². The van der Waals surface area contributed by atoms with Crippen molar-refractivity contribution in [1.82, 2.24) is 4.31 Å². The third-order valence-electron chi connectivity index (χ3n) is 4.23. The molecule has 0 bridgehead atoms. The first kappa shape index (κ1) is 18.7. The third-order valence-corrected chi connectivity index (χ3v) is 6.61. The molecule has 0 aliphatic carbocycles. The van der Waals surface area contributed by atoms with Crippen LogP contribution in [0.2, 0.25) is 5.02 Å². The number of methoxy groups -OCH3 is 1. The first-order chi connectivity index (χ1) is 12.4. The van der Waals surface area contributed by atoms with Gasteiger partial charge in [-0.25, -0.2) is 8.42 Å². The number of benzene rings is 2. The van der Waals surface area contributed by atoms with Gasteiger partial charge in [0.15, 0.2) is 0 Å². The molecule has 1 fully saturated rings. The van der Waals surface area contributed by atoms with Crippen molar-refractivity contribution in [3.63, 3.8) is 0 Å². The van der Waals surface area contributed by atoms with Gasteiger partial charge in [-0.15, -0.1) is 0 Å². The molecule has 0 unspecified atom stereocenters. The number of nitrogens with zero attached hydrogens (tertiary/aromatic N) is 1. The second-order valence-electron chi connectivity index (χ2n) is 5.91. The smallest absolute Gasteiger partial charge is 0.255 e. The van der Waals surface area contributed by atoms with Crippen LogP contribution in [0.25, 0.3) is 0 Å². The summed E-state index contributed by atoms with van der Waals surface area (Å²) in [6.07, 6.45) is 1.65. The average molecular weight is 395 g/mol. The van der Waals surface area contributed by atoms with Crippen molar-refractivity contribution in [3.8, 4) is 5.75 Å². The Bertz CT molecular complexity index is 925. The second kappa shape index (κ2) is 7.65. The van der Waals surface area contributed by atoms with E-state index in [0.29, 0.717) is 24.5 Å². The molecule has 0 aromatic heterocycles. The Hall–Kier alpha value is -2.09. The summed E-state index contributed by atoms with van der Waals surface area (Å²) in [5, 5.41) is 2.83. The zero-order chi connectivity index (χ0) is 18.7. The topological polar surface area (TPSA) is 75.7 Å². The normalized spacial score (nSPS) is 15.0. The van der Waals surface area contributed by atoms with Gasteiger partial charge in [0.05, 0.1) is 17.8 Å². The first-order valence-electron chi connectivity index (χ1n) is 8.17. The van der Waals surface area contributed by atoms with E-state index in [-0.39, 0.29) is 15.5 Å². The molecule has 138 valence electrons. The molecule has 1 saturated heterocycles. The highest BCUT2D eigenvalue weighted by Gasteiger charge is 2.29. The van der Waals surface area contributed by atoms with E-state index in [2.05, 4.69) is 5.32 Å². The van der Waals surface area contributed by atoms with Gasteiger partial charge in [-0.05, 0) is 43.2 Å². The maximum atomic E-state index is 12.8. The number of amides is 1. The average Bonchev–Trinajstić information content (AvgIpc) is 3.18. The highest BCUT2D eigenvalue weighted by atomic mass is 35.5. The van der Waals surface area contributed by atoms with Gasteiger partial charge >= 0.3 is 0 Å². The largest absolute Gasteiger partial charge is 0.495 e. The number of halogens is 1. The zero-order valence-corrected chi connectivity index (χ0v) is 15.8. The van der Waals surface area contributed by atoms with Crippen LogP contribution < -0.4 is 10.1 Å². The number of rotatable bonds is 5. The van der Waals surface area contributed by atoms with Crippen LogP contribution in [0, 0.1) is 0 Å². The molecule has 2 aromatic carbocycles. The van der Waals surface area contributed by atoms with Crippen molar-refractivity contribution in [2.24, 2.45) is 0 Å². The Balaban J connectivity index is 1.90. The number of hydrogen-bond donors (Lipinski definition) is 1. The summed E-state index contributed by atoms with van der Waals surface area (Å²) in [5.41, 5.74) is 0.706. The van der Waals surface area contributed by atoms with E-state index in [0.717, 1.165) is 12.8 Å². The molecule has 1 N–H and O–H groups in total. The van der Waals surface area contributed by atoms with Crippen LogP contribution in [0.1, 0.15) is 23.2 Å². The van der Waals surface area contributed by atoms with Crippen molar-refractivity contribution >= 4 is 33.2 Å². The summed E-state index contributed by atoms with van der Waals surface area (Å²) in [5.74, 6) is 0.0729. The van der Waals surface area contributed by atoms with Gasteiger partial charge in [0.25, 0.3) is 5.91 Å². The maximum absolute atomic E-state index is 12.8. The quantitative estimate of drug-likeness (QED) is 0.843. The zero-order valence-electron chi connectivity index (χ0n) is 14.2. The lowest BCUT2D eigenvalue weighted by molar-refractivity contribution is 0.102. The molecule has 26 heavy (non-hydrogen) atoms. The highest BCUT2D eigenvalue weighted by molar-refractivity contribution is 7.89. The standard InChI is InChI=1S/C18H19ClN2O4S/c1-25-16-7-3-2-6-15(16)20-18(22)13-8-9-14(19)17(12-13)26(23,24)21-10-4-5-11-21/h2-3,6-9,12H,4-5,10-11H2,1H3,(H,20,22). The molecule has 1 amide bonds. The minimum absolute atomic E-state index is 0.0475. The Kier molecular flexibility index (Phi) is 5.50. The molecule has 0 saturated carbocycles. The van der Waals surface area contributed by atoms with E-state index < -0.39 is 15.9 Å². The minimum Gasteiger partial charge on any atom is -0.495 e. The Morgan fingerprint density at radius 2 is 1.85 bits per heavy atom. The first-order valence-corrected chi connectivity index (χ1v) is 9.99. The molecule has 3 rings (SSSR count). The number of sulfonamides is 1. The number of anilines is 1. The summed E-state index contributed by atoms with van der Waals surface area (Å²) in [6.45, 7) is 0.937. The van der Waals surface area contributed by atoms with Crippen LogP contribution in [-0.2, 0) is 10.0 Å². The van der Waals surface area contributed by atoms with Crippen LogP contribution in [0.5, 0.6) is 5.75 Å². The van der Waals surface area contributed by atoms with Gasteiger partial charge in [-0.1, -0.05) is 23.7 Å². The van der Waals surface area contributed by atoms with Crippen LogP contribution >= 0.6 is 11.6 Å². The van der Waals surface area contributed by atoms with E-state index in [4.69, 9.17) is 16.3 Å². The molecule has 0 atom stereocenters. The molecule has 0 radical (unpaired) electrons. The number of para-hydroxylation sites is 2. The Morgan fingerprint density at radius 3 is 2.54 bits per heavy atom. The Labute approximate surface area is 157 Å². The predicted molar refractivity (Wildman–Crippen MR) is 100 cm³/mol. The lowest BCUT2D eigenvalue weighted by atomic mass is 10.2. The van der Waals surface area contributed by atoms with Crippen LogP contribution in [-0.4, -0.2) is 38.8 Å². The van der Waals surface area contributed by atoms with Gasteiger partial charge in [0, 0.05) is 18.7 Å². The fourth-order valence-corrected chi connectivity index (χ4v) is 4.87. The van der Waals surface area contributed by atoms with Crippen LogP contribution in [0.4, 0.5) is 5.69 Å². The molecule has 1 aliphatic heterocycles. The number of carbonyl (C=O) groups is 1. The van der Waals surface area contributed by atoms with E-state index in [1.807, 2.05) is 0 Å². The lowest BCUT2D eigenvalue weighted by Crippen LogP contribution is -2.28. The van der Waals surface area contributed by atoms with Crippen molar-refractivity contribution in [3.05, 3.63) is 53.1 Å². The second-order valence-corrected chi connectivity index (χ2v) is 8.22. The van der Waals surface area contributed by atoms with Gasteiger partial charge in [0.1, 0.15) is 10.6 Å². The van der Waals surface area contributed by atoms with E-state index in [1.54, 1.807) is 24.3 Å². The minimum atomic E-state index is -3.71. The summed E-state index contributed by atoms with van der Waals surface area (Å²) < 4.78 is 32.2. The van der Waals surface area contributed by atoms with Crippen molar-refractivity contribution in [1.29, 1.82) is 0 Å². The predicted octanol–water partition coefficient (Wildman–Crippen LogP) is 3.39. The highest BCUT2D eigenvalue weighted by Crippen LogP contribution is 2.29. The monoisotopic (exact) mass is 394 g/mol. The SMILES string of the molecule is COc1ccccc1NC(=O)c1ccc(Cl)c(S(=O)(=O)N2CCCC2)c1. The summed E-state index contributed by atoms with van der Waals surface area (Å²) in [4.78, 5) is 12.5. The molecule has 0 spiro atoms. The van der Waals surface area contributed by atoms with Crippen molar-refractivity contribution in [2.75, 3.05) is 25.5 Å². The Morgan fingerprint density at radius 1 is 1.15 bits per heavy atom. The maximum Gasteiger partial charge on any atom is 0.255 e. The molecule has 8 heteroatoms. The number of carbonyl (C=O) groups excluding carboxylic acids is 1. The molecule has 1 heterocycles. The summed E-state index contributed by atoms with van der Waals surface area (Å²) >= 11 is 6.11. The van der Waals surface area contributed by atoms with E-state index >= 15 is 0 Å². The van der Waals surface area contributed by atoms with E-state index in [9.17, 15) is 13.2 Å². The van der Waals surface area contributed by atoms with Gasteiger partial charge in [-0.2, -0.15) is 4.31 Å². The van der Waals surface area contributed by atoms with E-state index in [1.165, 1.54) is 29.6 Å². The summed E-state index contributed by atoms with van der Waals surface area (Å²) in [6, 6.07) is 11.2. The molecule has 1 aliphatic rings. The van der Waals surface area contributed by atoms with Crippen molar-refractivity contribution in [2.45, 2.75) is 17.7 Å². The lowest BCUT2D eigenvalue weighted by Gasteiger charge is -2.17. The molecular formula is C18H19ClN2O4S. The molecule has 6 nitrogen and oxygen atoms in total. The van der Waals surface area contributed by atoms with Crippen LogP contribution in [0.15, 0.2) is 47.4 Å². The number of ether oxygens (including phenoxy) is 1. The number of hydrogen-bond acceptors (Lipinski definition) is 4. The fourth-order valence-electron chi connectivity index (χ4n) is 2.85. The molecular weight excluding hydrogens is 376 g/mol. The third kappa shape index (κ3) is 3.70.